The van der Waals surface area contributed by atoms with Gasteiger partial charge >= 0.3 is 5.97 Å². The van der Waals surface area contributed by atoms with Gasteiger partial charge in [0, 0.05) is 6.42 Å². The molecular weight excluding hydrogens is 697 g/mol. The summed E-state index contributed by atoms with van der Waals surface area (Å²) in [4.78, 5) is 26.0. The summed E-state index contributed by atoms with van der Waals surface area (Å²) in [6.45, 7) is 2.06. The summed E-state index contributed by atoms with van der Waals surface area (Å²) < 4.78 is 36.5. The molecule has 0 N–H and O–H groups in total. The van der Waals surface area contributed by atoms with Crippen molar-refractivity contribution in [3.63, 3.8) is 0 Å². The number of ether oxygens (including phenoxy) is 2. The molecule has 0 bridgehead atoms. The lowest BCUT2D eigenvalue weighted by Crippen LogP contribution is -2.39. The fraction of sp³-hybridized carbons (Fsp3) is 0.444. The van der Waals surface area contributed by atoms with E-state index in [0.717, 1.165) is 48.8 Å². The van der Waals surface area contributed by atoms with Crippen molar-refractivity contribution in [3.05, 3.63) is 144 Å². The Morgan fingerprint density at radius 3 is 1.67 bits per heavy atom. The number of carbonyl (C=O) groups is 1. The average molecular weight is 760 g/mol. The molecule has 0 amide bonds. The van der Waals surface area contributed by atoms with Crippen LogP contribution in [0, 0.1) is 0 Å². The van der Waals surface area contributed by atoms with E-state index in [1.807, 2.05) is 112 Å². The Balaban J connectivity index is 1.66. The summed E-state index contributed by atoms with van der Waals surface area (Å²) in [7, 11) is 1.13. The van der Waals surface area contributed by atoms with Gasteiger partial charge in [-0.3, -0.25) is 9.36 Å². The predicted molar refractivity (Wildman–Crippen MR) is 217 cm³/mol. The molecule has 0 radical (unpaired) electrons. The maximum Gasteiger partial charge on any atom is 0.306 e. The molecular formula is C45H62NO7P. The van der Waals surface area contributed by atoms with E-state index in [4.69, 9.17) is 18.5 Å². The van der Waals surface area contributed by atoms with Crippen LogP contribution in [0.15, 0.2) is 127 Å². The first kappa shape index (κ1) is 44.8. The maximum atomic E-state index is 13.2. The highest BCUT2D eigenvalue weighted by molar-refractivity contribution is 7.45. The van der Waals surface area contributed by atoms with Gasteiger partial charge in [0.2, 0.25) is 0 Å². The van der Waals surface area contributed by atoms with Crippen LogP contribution >= 0.6 is 7.82 Å². The van der Waals surface area contributed by atoms with Gasteiger partial charge in [0.15, 0.2) is 0 Å². The Bertz CT molecular complexity index is 1490. The van der Waals surface area contributed by atoms with Crippen LogP contribution in [0.25, 0.3) is 0 Å². The molecule has 0 spiro atoms. The number of esters is 1. The Morgan fingerprint density at radius 1 is 0.704 bits per heavy atom. The van der Waals surface area contributed by atoms with Gasteiger partial charge in [-0.2, -0.15) is 0 Å². The molecule has 0 fully saturated rings. The molecule has 1 unspecified atom stereocenters. The van der Waals surface area contributed by atoms with Gasteiger partial charge in [0.1, 0.15) is 24.9 Å². The molecule has 0 aliphatic heterocycles. The van der Waals surface area contributed by atoms with Crippen molar-refractivity contribution in [1.29, 1.82) is 0 Å². The topological polar surface area (TPSA) is 94.1 Å². The van der Waals surface area contributed by atoms with Gasteiger partial charge in [-0.1, -0.05) is 147 Å². The van der Waals surface area contributed by atoms with Gasteiger partial charge in [-0.15, -0.1) is 0 Å². The normalized spacial score (nSPS) is 14.2. The van der Waals surface area contributed by atoms with Gasteiger partial charge in [-0.25, -0.2) is 0 Å². The monoisotopic (exact) mass is 759 g/mol. The summed E-state index contributed by atoms with van der Waals surface area (Å²) in [6.07, 6.45) is 21.4. The zero-order chi connectivity index (χ0) is 39.0. The summed E-state index contributed by atoms with van der Waals surface area (Å²) in [5, 5.41) is 0. The number of allylic oxidation sites excluding steroid dienone is 6. The second kappa shape index (κ2) is 24.7. The number of nitrogens with zero attached hydrogens (tertiary/aromatic N) is 1. The van der Waals surface area contributed by atoms with Gasteiger partial charge in [0.25, 0.3) is 7.82 Å². The number of quaternary nitrogens is 1. The number of phosphoric ester groups is 1. The third-order valence-electron chi connectivity index (χ3n) is 8.78. The number of hydrogen-bond donors (Lipinski definition) is 0. The molecule has 3 aromatic rings. The van der Waals surface area contributed by atoms with Crippen LogP contribution in [0.1, 0.15) is 87.8 Å². The zero-order valence-electron chi connectivity index (χ0n) is 32.9. The quantitative estimate of drug-likeness (QED) is 0.0191. The van der Waals surface area contributed by atoms with Crippen LogP contribution in [-0.4, -0.2) is 64.1 Å². The minimum atomic E-state index is -4.69. The van der Waals surface area contributed by atoms with E-state index < -0.39 is 32.1 Å². The summed E-state index contributed by atoms with van der Waals surface area (Å²) in [6, 6.07) is 29.4. The molecule has 3 aromatic carbocycles. The molecule has 3 rings (SSSR count). The van der Waals surface area contributed by atoms with E-state index in [1.165, 1.54) is 19.3 Å². The first-order valence-corrected chi connectivity index (χ1v) is 20.9. The van der Waals surface area contributed by atoms with E-state index in [2.05, 4.69) is 43.4 Å². The molecule has 0 aliphatic rings. The highest BCUT2D eigenvalue weighted by Gasteiger charge is 2.38. The highest BCUT2D eigenvalue weighted by atomic mass is 31.2. The molecule has 9 heteroatoms. The molecule has 294 valence electrons. The average Bonchev–Trinajstić information content (AvgIpc) is 3.16. The van der Waals surface area contributed by atoms with Gasteiger partial charge in [0.05, 0.1) is 34.4 Å². The SMILES string of the molecule is CCCCC/C=C\C/C=C\C/C=C\CCCCC(=O)O[C@H](COC(c1ccccc1)(c1ccccc1)c1ccccc1)COP(=O)([O-])OCC[N+](C)(C)C. The van der Waals surface area contributed by atoms with Crippen molar-refractivity contribution in [2.45, 2.75) is 82.8 Å². The van der Waals surface area contributed by atoms with Crippen molar-refractivity contribution in [2.75, 3.05) is 47.5 Å². The van der Waals surface area contributed by atoms with Crippen LogP contribution < -0.4 is 4.89 Å². The van der Waals surface area contributed by atoms with E-state index >= 15 is 0 Å². The molecule has 0 aromatic heterocycles. The van der Waals surface area contributed by atoms with Crippen LogP contribution in [0.2, 0.25) is 0 Å². The molecule has 54 heavy (non-hydrogen) atoms. The molecule has 0 aliphatic carbocycles. The largest absolute Gasteiger partial charge is 0.756 e. The van der Waals surface area contributed by atoms with Crippen molar-refractivity contribution < 1.29 is 37.3 Å². The van der Waals surface area contributed by atoms with E-state index in [0.29, 0.717) is 17.4 Å². The lowest BCUT2D eigenvalue weighted by molar-refractivity contribution is -0.870. The molecule has 0 saturated heterocycles. The van der Waals surface area contributed by atoms with Crippen LogP contribution in [-0.2, 0) is 33.5 Å². The van der Waals surface area contributed by atoms with Crippen molar-refractivity contribution >= 4 is 13.8 Å². The number of unbranched alkanes of at least 4 members (excludes halogenated alkanes) is 5. The van der Waals surface area contributed by atoms with Gasteiger partial charge < -0.3 is 27.9 Å². The lowest BCUT2D eigenvalue weighted by atomic mass is 9.80. The van der Waals surface area contributed by atoms with Crippen LogP contribution in [0.3, 0.4) is 0 Å². The highest BCUT2D eigenvalue weighted by Crippen LogP contribution is 2.41. The number of likely N-dealkylation sites (N-methyl/N-ethyl adjacent to an activating group) is 1. The Hall–Kier alpha value is -3.62. The van der Waals surface area contributed by atoms with Gasteiger partial charge in [-0.05, 0) is 61.6 Å². The predicted octanol–water partition coefficient (Wildman–Crippen LogP) is 9.70. The number of rotatable bonds is 27. The standard InChI is InChI=1S/C45H62NO7P/c1-5-6-7-8-9-10-11-12-13-14-15-16-17-18-28-35-44(47)53-43(39-52-54(48,49)51-37-36-46(2,3)4)38-50-45(40-29-22-19-23-30-40,41-31-24-20-25-32-41)42-33-26-21-27-34-42/h9-10,12-13,15-16,19-27,29-34,43H,5-8,11,14,17-18,28,35-39H2,1-4H3/b10-9-,13-12-,16-15-/t43-/m1/s1. The van der Waals surface area contributed by atoms with Crippen LogP contribution in [0.4, 0.5) is 0 Å². The Labute approximate surface area is 324 Å². The third kappa shape index (κ3) is 17.2. The summed E-state index contributed by atoms with van der Waals surface area (Å²) in [5.74, 6) is -0.446. The molecule has 2 atom stereocenters. The van der Waals surface area contributed by atoms with Crippen LogP contribution in [0.5, 0.6) is 0 Å². The maximum absolute atomic E-state index is 13.2. The van der Waals surface area contributed by atoms with E-state index in [1.54, 1.807) is 0 Å². The third-order valence-corrected chi connectivity index (χ3v) is 9.74. The number of benzene rings is 3. The lowest BCUT2D eigenvalue weighted by Gasteiger charge is -2.37. The zero-order valence-corrected chi connectivity index (χ0v) is 33.7. The first-order chi connectivity index (χ1) is 26.1. The van der Waals surface area contributed by atoms with Crippen molar-refractivity contribution in [3.8, 4) is 0 Å². The molecule has 8 nitrogen and oxygen atoms in total. The smallest absolute Gasteiger partial charge is 0.306 e. The number of carbonyl (C=O) groups excluding carboxylic acids is 1. The van der Waals surface area contributed by atoms with E-state index in [-0.39, 0.29) is 19.6 Å². The number of phosphoric acid groups is 1. The Morgan fingerprint density at radius 2 is 1.19 bits per heavy atom. The second-order valence-corrected chi connectivity index (χ2v) is 15.8. The minimum absolute atomic E-state index is 0.0361. The first-order valence-electron chi connectivity index (χ1n) is 19.4. The minimum Gasteiger partial charge on any atom is -0.756 e. The molecule has 0 saturated carbocycles. The fourth-order valence-corrected chi connectivity index (χ4v) is 6.54. The van der Waals surface area contributed by atoms with E-state index in [9.17, 15) is 14.3 Å². The van der Waals surface area contributed by atoms with Crippen molar-refractivity contribution in [2.24, 2.45) is 0 Å². The molecule has 0 heterocycles. The number of hydrogen-bond acceptors (Lipinski definition) is 7. The Kier molecular flexibility index (Phi) is 20.5. The van der Waals surface area contributed by atoms with Crippen molar-refractivity contribution in [1.82, 2.24) is 0 Å². The fourth-order valence-electron chi connectivity index (χ4n) is 5.81. The second-order valence-electron chi connectivity index (χ2n) is 14.4. The summed E-state index contributed by atoms with van der Waals surface area (Å²) in [5.41, 5.74) is 1.50. The summed E-state index contributed by atoms with van der Waals surface area (Å²) >= 11 is 0.